The summed E-state index contributed by atoms with van der Waals surface area (Å²) >= 11 is 0. The number of aromatic nitrogens is 1. The first-order valence-corrected chi connectivity index (χ1v) is 6.17. The molecular weight excluding hydrogens is 242 g/mol. The highest BCUT2D eigenvalue weighted by molar-refractivity contribution is 5.71. The van der Waals surface area contributed by atoms with Crippen LogP contribution in [0.3, 0.4) is 0 Å². The smallest absolute Gasteiger partial charge is 0.224 e. The molecule has 1 aromatic carbocycles. The zero-order valence-corrected chi connectivity index (χ0v) is 11.0. The molecule has 98 valence electrons. The van der Waals surface area contributed by atoms with Crippen LogP contribution in [0.5, 0.6) is 17.5 Å². The second-order valence-electron chi connectivity index (χ2n) is 4.33. The van der Waals surface area contributed by atoms with Crippen LogP contribution in [-0.2, 0) is 6.42 Å². The lowest BCUT2D eigenvalue weighted by molar-refractivity contribution is 0.357. The third kappa shape index (κ3) is 2.10. The Labute approximate surface area is 112 Å². The number of ether oxygens (including phenoxy) is 3. The number of nitrogens with zero attached hydrogens (tertiary/aromatic N) is 1. The molecule has 0 atom stereocenters. The molecule has 2 heterocycles. The van der Waals surface area contributed by atoms with Gasteiger partial charge in [0.25, 0.3) is 0 Å². The molecule has 19 heavy (non-hydrogen) atoms. The predicted molar refractivity (Wildman–Crippen MR) is 72.0 cm³/mol. The zero-order valence-electron chi connectivity index (χ0n) is 11.0. The van der Waals surface area contributed by atoms with Gasteiger partial charge in [-0.15, -0.1) is 0 Å². The number of benzene rings is 1. The minimum Gasteiger partial charge on any atom is -0.493 e. The van der Waals surface area contributed by atoms with Gasteiger partial charge in [0.1, 0.15) is 5.75 Å². The first-order valence-electron chi connectivity index (χ1n) is 6.17. The van der Waals surface area contributed by atoms with Gasteiger partial charge in [-0.1, -0.05) is 12.1 Å². The Morgan fingerprint density at radius 3 is 2.79 bits per heavy atom. The highest BCUT2D eigenvalue weighted by Crippen LogP contribution is 2.35. The summed E-state index contributed by atoms with van der Waals surface area (Å²) in [7, 11) is 3.19. The maximum atomic E-state index is 5.59. The third-order valence-electron chi connectivity index (χ3n) is 3.24. The fraction of sp³-hybridized carbons (Fsp3) is 0.267. The summed E-state index contributed by atoms with van der Waals surface area (Å²) in [5, 5.41) is 0. The summed E-state index contributed by atoms with van der Waals surface area (Å²) in [5.74, 6) is 2.05. The van der Waals surface area contributed by atoms with Crippen molar-refractivity contribution in [1.82, 2.24) is 4.98 Å². The van der Waals surface area contributed by atoms with Crippen LogP contribution in [0, 0.1) is 0 Å². The zero-order chi connectivity index (χ0) is 13.2. The number of hydrogen-bond donors (Lipinski definition) is 0. The Kier molecular flexibility index (Phi) is 2.99. The molecule has 2 aromatic rings. The lowest BCUT2D eigenvalue weighted by atomic mass is 10.0. The number of hydrogen-bond acceptors (Lipinski definition) is 4. The van der Waals surface area contributed by atoms with Gasteiger partial charge in [0.05, 0.1) is 20.8 Å². The normalized spacial score (nSPS) is 12.7. The van der Waals surface area contributed by atoms with Crippen LogP contribution in [-0.4, -0.2) is 25.8 Å². The molecule has 0 amide bonds. The highest BCUT2D eigenvalue weighted by atomic mass is 16.5. The Hall–Kier alpha value is -2.23. The maximum absolute atomic E-state index is 5.59. The molecular formula is C15H15NO3. The van der Waals surface area contributed by atoms with Gasteiger partial charge in [-0.2, -0.15) is 4.98 Å². The molecule has 0 radical (unpaired) electrons. The number of pyridine rings is 1. The molecule has 1 aliphatic rings. The third-order valence-corrected chi connectivity index (χ3v) is 3.24. The molecule has 4 nitrogen and oxygen atoms in total. The van der Waals surface area contributed by atoms with E-state index in [1.54, 1.807) is 14.2 Å². The Morgan fingerprint density at radius 1 is 1.11 bits per heavy atom. The molecule has 0 N–H and O–H groups in total. The maximum Gasteiger partial charge on any atom is 0.224 e. The summed E-state index contributed by atoms with van der Waals surface area (Å²) in [4.78, 5) is 4.29. The molecule has 1 aromatic heterocycles. The Balaban J connectivity index is 2.06. The minimum absolute atomic E-state index is 0.540. The van der Waals surface area contributed by atoms with Crippen molar-refractivity contribution in [1.29, 1.82) is 0 Å². The van der Waals surface area contributed by atoms with Crippen LogP contribution >= 0.6 is 0 Å². The van der Waals surface area contributed by atoms with E-state index in [-0.39, 0.29) is 0 Å². The molecule has 0 fully saturated rings. The van der Waals surface area contributed by atoms with E-state index in [2.05, 4.69) is 17.1 Å². The second kappa shape index (κ2) is 4.80. The number of rotatable bonds is 3. The van der Waals surface area contributed by atoms with Crippen molar-refractivity contribution in [3.8, 4) is 28.6 Å². The van der Waals surface area contributed by atoms with Gasteiger partial charge in [0.2, 0.25) is 11.8 Å². The second-order valence-corrected chi connectivity index (χ2v) is 4.33. The molecule has 4 heteroatoms. The summed E-state index contributed by atoms with van der Waals surface area (Å²) < 4.78 is 16.0. The van der Waals surface area contributed by atoms with Gasteiger partial charge in [-0.25, -0.2) is 0 Å². The largest absolute Gasteiger partial charge is 0.493 e. The Bertz CT molecular complexity index is 610. The van der Waals surface area contributed by atoms with Crippen molar-refractivity contribution in [3.63, 3.8) is 0 Å². The van der Waals surface area contributed by atoms with Gasteiger partial charge in [-0.05, 0) is 23.3 Å². The lowest BCUT2D eigenvalue weighted by Crippen LogP contribution is -1.95. The molecule has 0 aliphatic carbocycles. The molecule has 0 bridgehead atoms. The SMILES string of the molecule is COc1ccc(-c2ccc3c(c2)OCC3)c(OC)n1. The molecule has 0 spiro atoms. The molecule has 1 aliphatic heterocycles. The molecule has 3 rings (SSSR count). The standard InChI is InChI=1S/C15H15NO3/c1-17-14-6-5-12(15(16-14)18-2)11-4-3-10-7-8-19-13(10)9-11/h3-6,9H,7-8H2,1-2H3. The van der Waals surface area contributed by atoms with Crippen LogP contribution < -0.4 is 14.2 Å². The molecule has 0 saturated heterocycles. The van der Waals surface area contributed by atoms with Crippen LogP contribution in [0.1, 0.15) is 5.56 Å². The van der Waals surface area contributed by atoms with Crippen LogP contribution in [0.25, 0.3) is 11.1 Å². The fourth-order valence-corrected chi connectivity index (χ4v) is 2.25. The predicted octanol–water partition coefficient (Wildman–Crippen LogP) is 2.70. The van der Waals surface area contributed by atoms with E-state index in [9.17, 15) is 0 Å². The van der Waals surface area contributed by atoms with Gasteiger partial charge in [0, 0.05) is 18.1 Å². The van der Waals surface area contributed by atoms with Crippen molar-refractivity contribution >= 4 is 0 Å². The van der Waals surface area contributed by atoms with Crippen molar-refractivity contribution < 1.29 is 14.2 Å². The van der Waals surface area contributed by atoms with Crippen molar-refractivity contribution in [2.75, 3.05) is 20.8 Å². The average molecular weight is 257 g/mol. The summed E-state index contributed by atoms with van der Waals surface area (Å²) in [5.41, 5.74) is 3.22. The lowest BCUT2D eigenvalue weighted by Gasteiger charge is -2.10. The van der Waals surface area contributed by atoms with Gasteiger partial charge < -0.3 is 14.2 Å². The number of fused-ring (bicyclic) bond motifs is 1. The quantitative estimate of drug-likeness (QED) is 0.847. The molecule has 0 unspecified atom stereocenters. The average Bonchev–Trinajstić information content (AvgIpc) is 2.93. The topological polar surface area (TPSA) is 40.6 Å². The summed E-state index contributed by atoms with van der Waals surface area (Å²) in [6.45, 7) is 0.761. The first-order chi connectivity index (χ1) is 9.31. The van der Waals surface area contributed by atoms with E-state index in [1.165, 1.54) is 5.56 Å². The monoisotopic (exact) mass is 257 g/mol. The van der Waals surface area contributed by atoms with Gasteiger partial charge >= 0.3 is 0 Å². The van der Waals surface area contributed by atoms with E-state index in [1.807, 2.05) is 18.2 Å². The van der Waals surface area contributed by atoms with E-state index in [0.717, 1.165) is 29.9 Å². The van der Waals surface area contributed by atoms with Gasteiger partial charge in [-0.3, -0.25) is 0 Å². The summed E-state index contributed by atoms with van der Waals surface area (Å²) in [6.07, 6.45) is 0.980. The van der Waals surface area contributed by atoms with Crippen LogP contribution in [0.15, 0.2) is 30.3 Å². The van der Waals surface area contributed by atoms with Gasteiger partial charge in [0.15, 0.2) is 0 Å². The van der Waals surface area contributed by atoms with E-state index < -0.39 is 0 Å². The van der Waals surface area contributed by atoms with Crippen LogP contribution in [0.4, 0.5) is 0 Å². The van der Waals surface area contributed by atoms with Crippen molar-refractivity contribution in [3.05, 3.63) is 35.9 Å². The first kappa shape index (κ1) is 11.8. The Morgan fingerprint density at radius 2 is 2.00 bits per heavy atom. The minimum atomic E-state index is 0.540. The van der Waals surface area contributed by atoms with Crippen LogP contribution in [0.2, 0.25) is 0 Å². The van der Waals surface area contributed by atoms with E-state index in [0.29, 0.717) is 11.8 Å². The van der Waals surface area contributed by atoms with Crippen molar-refractivity contribution in [2.24, 2.45) is 0 Å². The van der Waals surface area contributed by atoms with Crippen molar-refractivity contribution in [2.45, 2.75) is 6.42 Å². The highest BCUT2D eigenvalue weighted by Gasteiger charge is 2.15. The summed E-state index contributed by atoms with van der Waals surface area (Å²) in [6, 6.07) is 9.97. The van der Waals surface area contributed by atoms with E-state index >= 15 is 0 Å². The molecule has 0 saturated carbocycles. The van der Waals surface area contributed by atoms with E-state index in [4.69, 9.17) is 14.2 Å². The number of methoxy groups -OCH3 is 2. The fourth-order valence-electron chi connectivity index (χ4n) is 2.25.